The van der Waals surface area contributed by atoms with Gasteiger partial charge in [-0.05, 0) is 43.3 Å². The molecule has 0 unspecified atom stereocenters. The van der Waals surface area contributed by atoms with Crippen LogP contribution in [0, 0.1) is 0 Å². The van der Waals surface area contributed by atoms with Crippen LogP contribution in [0.2, 0.25) is 0 Å². The maximum absolute atomic E-state index is 12.5. The second kappa shape index (κ2) is 11.5. The number of hydrogen-bond acceptors (Lipinski definition) is 7. The van der Waals surface area contributed by atoms with Crippen molar-refractivity contribution in [2.75, 3.05) is 32.6 Å². The molecule has 0 spiro atoms. The highest BCUT2D eigenvalue weighted by Gasteiger charge is 2.22. The second-order valence-corrected chi connectivity index (χ2v) is 8.84. The maximum Gasteiger partial charge on any atom is 0.337 e. The number of aromatic hydroxyl groups is 1. The van der Waals surface area contributed by atoms with E-state index < -0.39 is 11.9 Å². The SMILES string of the molecule is CCN(C(=C=O)C(=O)N(C)C)c1ccc(N=C(c2ccccc2)c2c(O)[nH]c3cc(C(=O)OC)ccc23)cc1. The molecule has 0 aliphatic heterocycles. The summed E-state index contributed by atoms with van der Waals surface area (Å²) in [5, 5.41) is 11.6. The third-order valence-corrected chi connectivity index (χ3v) is 6.18. The Balaban J connectivity index is 1.80. The van der Waals surface area contributed by atoms with E-state index in [-0.39, 0.29) is 11.6 Å². The molecular formula is C30H28N4O5. The first-order chi connectivity index (χ1) is 18.8. The Kier molecular flexibility index (Phi) is 7.93. The van der Waals surface area contributed by atoms with E-state index in [1.807, 2.05) is 37.3 Å². The van der Waals surface area contributed by atoms with Gasteiger partial charge < -0.3 is 24.6 Å². The van der Waals surface area contributed by atoms with Crippen molar-refractivity contribution in [2.24, 2.45) is 4.99 Å². The molecule has 1 amide bonds. The quantitative estimate of drug-likeness (QED) is 0.152. The van der Waals surface area contributed by atoms with Gasteiger partial charge in [-0.3, -0.25) is 4.79 Å². The van der Waals surface area contributed by atoms with Crippen LogP contribution in [0.15, 0.2) is 83.5 Å². The monoisotopic (exact) mass is 524 g/mol. The van der Waals surface area contributed by atoms with Gasteiger partial charge in [0.1, 0.15) is 0 Å². The molecule has 0 saturated heterocycles. The smallest absolute Gasteiger partial charge is 0.337 e. The van der Waals surface area contributed by atoms with E-state index in [9.17, 15) is 19.5 Å². The number of esters is 1. The number of nitrogens with zero attached hydrogens (tertiary/aromatic N) is 3. The predicted molar refractivity (Wildman–Crippen MR) is 150 cm³/mol. The van der Waals surface area contributed by atoms with Crippen molar-refractivity contribution in [2.45, 2.75) is 6.92 Å². The van der Waals surface area contributed by atoms with E-state index in [0.717, 1.165) is 5.56 Å². The molecule has 4 aromatic rings. The lowest BCUT2D eigenvalue weighted by molar-refractivity contribution is -0.124. The first kappa shape index (κ1) is 26.9. The molecule has 1 aromatic heterocycles. The average Bonchev–Trinajstić information content (AvgIpc) is 3.29. The van der Waals surface area contributed by atoms with Crippen LogP contribution in [0.3, 0.4) is 0 Å². The van der Waals surface area contributed by atoms with Crippen molar-refractivity contribution in [3.63, 3.8) is 0 Å². The van der Waals surface area contributed by atoms with Gasteiger partial charge in [0.15, 0.2) is 17.5 Å². The molecule has 0 aliphatic rings. The number of aromatic amines is 1. The van der Waals surface area contributed by atoms with Gasteiger partial charge in [-0.25, -0.2) is 14.6 Å². The maximum atomic E-state index is 12.5. The van der Waals surface area contributed by atoms with Crippen molar-refractivity contribution in [1.82, 2.24) is 9.88 Å². The van der Waals surface area contributed by atoms with Crippen molar-refractivity contribution in [1.29, 1.82) is 0 Å². The van der Waals surface area contributed by atoms with E-state index in [1.165, 1.54) is 12.0 Å². The summed E-state index contributed by atoms with van der Waals surface area (Å²) in [6.45, 7) is 2.23. The third kappa shape index (κ3) is 5.44. The number of aliphatic imine (C=N–C) groups is 1. The van der Waals surface area contributed by atoms with Crippen LogP contribution in [0.5, 0.6) is 5.88 Å². The van der Waals surface area contributed by atoms with Crippen LogP contribution >= 0.6 is 0 Å². The lowest BCUT2D eigenvalue weighted by atomic mass is 10.00. The van der Waals surface area contributed by atoms with Gasteiger partial charge in [0.05, 0.1) is 29.6 Å². The zero-order valence-corrected chi connectivity index (χ0v) is 22.1. The number of H-pyrrole nitrogens is 1. The molecule has 0 aliphatic carbocycles. The summed E-state index contributed by atoms with van der Waals surface area (Å²) in [7, 11) is 4.46. The van der Waals surface area contributed by atoms with Gasteiger partial charge in [-0.15, -0.1) is 0 Å². The number of rotatable bonds is 8. The fourth-order valence-electron chi connectivity index (χ4n) is 4.26. The molecule has 0 radical (unpaired) electrons. The number of nitrogens with one attached hydrogen (secondary N) is 1. The van der Waals surface area contributed by atoms with Crippen LogP contribution in [0.1, 0.15) is 28.4 Å². The van der Waals surface area contributed by atoms with Crippen molar-refractivity contribution in [3.05, 3.63) is 95.2 Å². The minimum atomic E-state index is -0.481. The number of likely N-dealkylation sites (N-methyl/N-ethyl adjacent to an activating group) is 2. The Labute approximate surface area is 225 Å². The summed E-state index contributed by atoms with van der Waals surface area (Å²) < 4.78 is 4.81. The number of anilines is 1. The lowest BCUT2D eigenvalue weighted by Crippen LogP contribution is -2.34. The first-order valence-corrected chi connectivity index (χ1v) is 12.2. The Morgan fingerprint density at radius 3 is 2.28 bits per heavy atom. The summed E-state index contributed by atoms with van der Waals surface area (Å²) in [6, 6.07) is 21.5. The van der Waals surface area contributed by atoms with E-state index in [0.29, 0.717) is 45.7 Å². The lowest BCUT2D eigenvalue weighted by Gasteiger charge is -2.24. The largest absolute Gasteiger partial charge is 0.494 e. The third-order valence-electron chi connectivity index (χ3n) is 6.18. The number of aromatic nitrogens is 1. The van der Waals surface area contributed by atoms with Gasteiger partial charge in [-0.2, -0.15) is 0 Å². The topological polar surface area (TPSA) is 115 Å². The fraction of sp³-hybridized carbons (Fsp3) is 0.167. The van der Waals surface area contributed by atoms with Gasteiger partial charge in [-0.1, -0.05) is 36.4 Å². The second-order valence-electron chi connectivity index (χ2n) is 8.84. The Hall–Kier alpha value is -5.14. The van der Waals surface area contributed by atoms with Gasteiger partial charge in [0.2, 0.25) is 0 Å². The molecule has 2 N–H and O–H groups in total. The summed E-state index contributed by atoms with van der Waals surface area (Å²) in [5.41, 5.74) is 3.81. The molecule has 39 heavy (non-hydrogen) atoms. The van der Waals surface area contributed by atoms with E-state index in [1.54, 1.807) is 67.4 Å². The number of fused-ring (bicyclic) bond motifs is 1. The molecule has 4 rings (SSSR count). The van der Waals surface area contributed by atoms with Crippen LogP contribution in [0.4, 0.5) is 11.4 Å². The minimum absolute atomic E-state index is 0.0845. The summed E-state index contributed by atoms with van der Waals surface area (Å²) in [4.78, 5) is 46.8. The molecule has 0 saturated carbocycles. The van der Waals surface area contributed by atoms with Gasteiger partial charge >= 0.3 is 5.97 Å². The van der Waals surface area contributed by atoms with Crippen LogP contribution in [0.25, 0.3) is 10.9 Å². The normalized spacial score (nSPS) is 11.1. The number of carbonyl (C=O) groups is 2. The van der Waals surface area contributed by atoms with Gasteiger partial charge in [0.25, 0.3) is 5.91 Å². The van der Waals surface area contributed by atoms with Crippen LogP contribution in [-0.4, -0.2) is 66.3 Å². The minimum Gasteiger partial charge on any atom is -0.494 e. The summed E-state index contributed by atoms with van der Waals surface area (Å²) >= 11 is 0. The first-order valence-electron chi connectivity index (χ1n) is 12.2. The van der Waals surface area contributed by atoms with Crippen molar-refractivity contribution in [3.8, 4) is 5.88 Å². The number of carbonyl (C=O) groups excluding carboxylic acids is 3. The van der Waals surface area contributed by atoms with Gasteiger partial charge in [0, 0.05) is 42.8 Å². The molecular weight excluding hydrogens is 496 g/mol. The zero-order chi connectivity index (χ0) is 28.1. The molecule has 0 bridgehead atoms. The highest BCUT2D eigenvalue weighted by atomic mass is 16.5. The Morgan fingerprint density at radius 1 is 1.00 bits per heavy atom. The van der Waals surface area contributed by atoms with E-state index >= 15 is 0 Å². The number of hydrogen-bond donors (Lipinski definition) is 2. The Bertz CT molecular complexity index is 1600. The van der Waals surface area contributed by atoms with E-state index in [2.05, 4.69) is 4.98 Å². The zero-order valence-electron chi connectivity index (χ0n) is 22.1. The molecule has 9 heteroatoms. The predicted octanol–water partition coefficient (Wildman–Crippen LogP) is 4.46. The summed E-state index contributed by atoms with van der Waals surface area (Å²) in [6.07, 6.45) is 0. The number of amides is 1. The average molecular weight is 525 g/mol. The van der Waals surface area contributed by atoms with Crippen molar-refractivity contribution < 1.29 is 24.2 Å². The van der Waals surface area contributed by atoms with Crippen LogP contribution < -0.4 is 4.90 Å². The summed E-state index contributed by atoms with van der Waals surface area (Å²) in [5.74, 6) is 0.759. The molecule has 1 heterocycles. The molecule has 0 atom stereocenters. The highest BCUT2D eigenvalue weighted by Crippen LogP contribution is 2.33. The molecule has 3 aromatic carbocycles. The van der Waals surface area contributed by atoms with Crippen molar-refractivity contribution >= 4 is 45.8 Å². The molecule has 198 valence electrons. The fourth-order valence-corrected chi connectivity index (χ4v) is 4.26. The molecule has 9 nitrogen and oxygen atoms in total. The standard InChI is InChI=1S/C30H28N4O5/c1-5-34(25(18-35)29(37)33(2)3)22-14-12-21(13-15-22)31-27(19-9-7-6-8-10-19)26-23-16-11-20(30(38)39-4)17-24(23)32-28(26)36/h6-17,32,36H,5H2,1-4H3. The highest BCUT2D eigenvalue weighted by molar-refractivity contribution is 6.22. The van der Waals surface area contributed by atoms with E-state index in [4.69, 9.17) is 9.73 Å². The molecule has 0 fully saturated rings. The number of methoxy groups -OCH3 is 1. The Morgan fingerprint density at radius 2 is 1.69 bits per heavy atom. The number of benzene rings is 3. The number of ether oxygens (including phenoxy) is 1. The van der Waals surface area contributed by atoms with Crippen LogP contribution in [-0.2, 0) is 14.3 Å².